The predicted molar refractivity (Wildman–Crippen MR) is 86.9 cm³/mol. The Morgan fingerprint density at radius 2 is 1.76 bits per heavy atom. The highest BCUT2D eigenvalue weighted by molar-refractivity contribution is 5.20. The van der Waals surface area contributed by atoms with Gasteiger partial charge in [0.2, 0.25) is 0 Å². The first-order valence-corrected chi connectivity index (χ1v) is 9.10. The van der Waals surface area contributed by atoms with Crippen LogP contribution in [0.4, 0.5) is 0 Å². The molecular formula is C20H32O. The van der Waals surface area contributed by atoms with Gasteiger partial charge in [0.05, 0.1) is 5.60 Å². The average Bonchev–Trinajstić information content (AvgIpc) is 2.53. The van der Waals surface area contributed by atoms with E-state index in [1.165, 1.54) is 38.5 Å². The second-order valence-electron chi connectivity index (χ2n) is 9.95. The fourth-order valence-electron chi connectivity index (χ4n) is 7.63. The Labute approximate surface area is 130 Å². The molecule has 0 aromatic heterocycles. The van der Waals surface area contributed by atoms with Gasteiger partial charge in [0.1, 0.15) is 0 Å². The van der Waals surface area contributed by atoms with E-state index >= 15 is 0 Å². The third-order valence-corrected chi connectivity index (χ3v) is 8.31. The van der Waals surface area contributed by atoms with Crippen LogP contribution in [0.3, 0.4) is 0 Å². The Morgan fingerprint density at radius 3 is 2.52 bits per heavy atom. The Morgan fingerprint density at radius 1 is 1.00 bits per heavy atom. The third kappa shape index (κ3) is 1.73. The van der Waals surface area contributed by atoms with Crippen molar-refractivity contribution >= 4 is 0 Å². The molecule has 4 aliphatic carbocycles. The smallest absolute Gasteiger partial charge is 0.0653 e. The zero-order valence-electron chi connectivity index (χ0n) is 14.3. The lowest BCUT2D eigenvalue weighted by Crippen LogP contribution is -2.54. The van der Waals surface area contributed by atoms with Crippen molar-refractivity contribution < 1.29 is 5.11 Å². The van der Waals surface area contributed by atoms with Gasteiger partial charge in [-0.05, 0) is 85.9 Å². The molecule has 0 aliphatic heterocycles. The van der Waals surface area contributed by atoms with Gasteiger partial charge >= 0.3 is 0 Å². The van der Waals surface area contributed by atoms with Crippen LogP contribution in [0.15, 0.2) is 12.2 Å². The van der Waals surface area contributed by atoms with Crippen molar-refractivity contribution in [3.8, 4) is 0 Å². The fourth-order valence-corrected chi connectivity index (χ4v) is 7.63. The summed E-state index contributed by atoms with van der Waals surface area (Å²) in [5, 5.41) is 10.9. The minimum atomic E-state index is -0.391. The van der Waals surface area contributed by atoms with E-state index in [4.69, 9.17) is 0 Å². The molecular weight excluding hydrogens is 256 g/mol. The van der Waals surface area contributed by atoms with Crippen molar-refractivity contribution in [2.75, 3.05) is 0 Å². The van der Waals surface area contributed by atoms with Crippen LogP contribution in [0.5, 0.6) is 0 Å². The average molecular weight is 288 g/mol. The van der Waals surface area contributed by atoms with E-state index in [9.17, 15) is 5.11 Å². The standard InChI is InChI=1S/C20H32O/c1-17(2)9-5-10-18(3)15(17)8-11-20-12-14(6-7-16(18)20)19(4,21)13-20/h5,9,14-16,21H,6-8,10-13H2,1-4H3/t14-,15+,16-,18+,19+,20-/m1/s1. The van der Waals surface area contributed by atoms with E-state index in [1.807, 2.05) is 0 Å². The van der Waals surface area contributed by atoms with E-state index in [1.54, 1.807) is 0 Å². The molecule has 0 saturated heterocycles. The van der Waals surface area contributed by atoms with Gasteiger partial charge in [0.25, 0.3) is 0 Å². The minimum Gasteiger partial charge on any atom is -0.390 e. The zero-order chi connectivity index (χ0) is 15.1. The van der Waals surface area contributed by atoms with Crippen molar-refractivity contribution in [2.45, 2.75) is 78.2 Å². The van der Waals surface area contributed by atoms with Crippen molar-refractivity contribution in [3.63, 3.8) is 0 Å². The number of allylic oxidation sites excluding steroid dienone is 2. The highest BCUT2D eigenvalue weighted by atomic mass is 16.3. The molecule has 1 spiro atoms. The Balaban J connectivity index is 1.76. The lowest BCUT2D eigenvalue weighted by Gasteiger charge is -2.62. The molecule has 2 bridgehead atoms. The van der Waals surface area contributed by atoms with Crippen molar-refractivity contribution in [3.05, 3.63) is 12.2 Å². The molecule has 4 aliphatic rings. The van der Waals surface area contributed by atoms with Gasteiger partial charge in [-0.3, -0.25) is 0 Å². The maximum Gasteiger partial charge on any atom is 0.0653 e. The molecule has 1 nitrogen and oxygen atoms in total. The lowest BCUT2D eigenvalue weighted by atomic mass is 9.42. The highest BCUT2D eigenvalue weighted by Gasteiger charge is 2.65. The van der Waals surface area contributed by atoms with E-state index in [0.29, 0.717) is 22.2 Å². The van der Waals surface area contributed by atoms with E-state index < -0.39 is 5.60 Å². The topological polar surface area (TPSA) is 20.2 Å². The monoisotopic (exact) mass is 288 g/mol. The first kappa shape index (κ1) is 14.3. The second kappa shape index (κ2) is 3.96. The van der Waals surface area contributed by atoms with E-state index in [-0.39, 0.29) is 0 Å². The van der Waals surface area contributed by atoms with Crippen LogP contribution in [0.1, 0.15) is 72.6 Å². The molecule has 0 aromatic rings. The number of aliphatic hydroxyl groups is 1. The summed E-state index contributed by atoms with van der Waals surface area (Å²) in [6.45, 7) is 9.59. The van der Waals surface area contributed by atoms with Gasteiger partial charge in [0.15, 0.2) is 0 Å². The van der Waals surface area contributed by atoms with E-state index in [2.05, 4.69) is 39.8 Å². The maximum absolute atomic E-state index is 10.9. The van der Waals surface area contributed by atoms with Crippen LogP contribution < -0.4 is 0 Å². The van der Waals surface area contributed by atoms with Crippen LogP contribution in [0, 0.1) is 34.0 Å². The van der Waals surface area contributed by atoms with Crippen LogP contribution in [-0.2, 0) is 0 Å². The normalized spacial score (nSPS) is 57.7. The molecule has 3 fully saturated rings. The summed E-state index contributed by atoms with van der Waals surface area (Å²) in [5.74, 6) is 2.23. The molecule has 21 heavy (non-hydrogen) atoms. The summed E-state index contributed by atoms with van der Waals surface area (Å²) in [6, 6.07) is 0. The molecule has 0 unspecified atom stereocenters. The molecule has 0 heterocycles. The predicted octanol–water partition coefficient (Wildman–Crippen LogP) is 4.95. The molecule has 3 saturated carbocycles. The van der Waals surface area contributed by atoms with Gasteiger partial charge in [-0.15, -0.1) is 0 Å². The van der Waals surface area contributed by atoms with Gasteiger partial charge in [-0.25, -0.2) is 0 Å². The van der Waals surface area contributed by atoms with Gasteiger partial charge < -0.3 is 5.11 Å². The summed E-state index contributed by atoms with van der Waals surface area (Å²) >= 11 is 0. The van der Waals surface area contributed by atoms with Crippen LogP contribution >= 0.6 is 0 Å². The van der Waals surface area contributed by atoms with Crippen LogP contribution in [0.25, 0.3) is 0 Å². The van der Waals surface area contributed by atoms with Crippen LogP contribution in [-0.4, -0.2) is 10.7 Å². The molecule has 0 radical (unpaired) electrons. The minimum absolute atomic E-state index is 0.354. The maximum atomic E-state index is 10.9. The van der Waals surface area contributed by atoms with E-state index in [0.717, 1.165) is 18.3 Å². The lowest BCUT2D eigenvalue weighted by molar-refractivity contribution is -0.114. The largest absolute Gasteiger partial charge is 0.390 e. The summed E-state index contributed by atoms with van der Waals surface area (Å²) in [4.78, 5) is 0. The molecule has 0 amide bonds. The van der Waals surface area contributed by atoms with Crippen molar-refractivity contribution in [1.29, 1.82) is 0 Å². The third-order valence-electron chi connectivity index (χ3n) is 8.31. The summed E-state index contributed by atoms with van der Waals surface area (Å²) in [5.41, 5.74) is 0.880. The first-order valence-electron chi connectivity index (χ1n) is 9.10. The number of rotatable bonds is 0. The Hall–Kier alpha value is -0.300. The number of fused-ring (bicyclic) bond motifs is 3. The highest BCUT2D eigenvalue weighted by Crippen LogP contribution is 2.71. The molecule has 6 atom stereocenters. The first-order chi connectivity index (χ1) is 9.70. The molecule has 118 valence electrons. The molecule has 0 aromatic carbocycles. The van der Waals surface area contributed by atoms with Gasteiger partial charge in [-0.1, -0.05) is 32.9 Å². The van der Waals surface area contributed by atoms with Crippen molar-refractivity contribution in [2.24, 2.45) is 34.0 Å². The van der Waals surface area contributed by atoms with Gasteiger partial charge in [0, 0.05) is 0 Å². The quantitative estimate of drug-likeness (QED) is 0.626. The second-order valence-corrected chi connectivity index (χ2v) is 9.95. The molecule has 4 rings (SSSR count). The van der Waals surface area contributed by atoms with Gasteiger partial charge in [-0.2, -0.15) is 0 Å². The summed E-state index contributed by atoms with van der Waals surface area (Å²) in [7, 11) is 0. The summed E-state index contributed by atoms with van der Waals surface area (Å²) < 4.78 is 0. The number of hydrogen-bond donors (Lipinski definition) is 1. The molecule has 1 N–H and O–H groups in total. The van der Waals surface area contributed by atoms with Crippen LogP contribution in [0.2, 0.25) is 0 Å². The zero-order valence-corrected chi connectivity index (χ0v) is 14.3. The summed E-state index contributed by atoms with van der Waals surface area (Å²) in [6.07, 6.45) is 13.9. The molecule has 1 heteroatoms. The Kier molecular flexibility index (Phi) is 2.70. The van der Waals surface area contributed by atoms with Crippen molar-refractivity contribution in [1.82, 2.24) is 0 Å². The number of hydrogen-bond acceptors (Lipinski definition) is 1. The fraction of sp³-hybridized carbons (Fsp3) is 0.900. The SMILES string of the molecule is CC1(C)C=CC[C@@]2(C)[C@H]1CC[C@]13C[C@@H](CC[C@@H]12)[C@@](C)(O)C3. The Bertz CT molecular complexity index is 488.